The SMILES string of the molecule is CCOC(=O)c1nnc(C(=O)OCC)s1. The van der Waals surface area contributed by atoms with Crippen molar-refractivity contribution in [3.63, 3.8) is 0 Å². The van der Waals surface area contributed by atoms with Crippen molar-refractivity contribution in [1.29, 1.82) is 0 Å². The van der Waals surface area contributed by atoms with Crippen LogP contribution in [0.1, 0.15) is 33.5 Å². The topological polar surface area (TPSA) is 78.4 Å². The Balaban J connectivity index is 2.71. The first-order valence-corrected chi connectivity index (χ1v) is 5.18. The average Bonchev–Trinajstić information content (AvgIpc) is 2.67. The summed E-state index contributed by atoms with van der Waals surface area (Å²) in [5.41, 5.74) is 0. The minimum absolute atomic E-state index is 0.0555. The van der Waals surface area contributed by atoms with Crippen LogP contribution in [0.4, 0.5) is 0 Å². The lowest BCUT2D eigenvalue weighted by Gasteiger charge is -1.95. The summed E-state index contributed by atoms with van der Waals surface area (Å²) < 4.78 is 9.40. The van der Waals surface area contributed by atoms with Crippen LogP contribution in [-0.4, -0.2) is 35.3 Å². The number of esters is 2. The second-order valence-corrected chi connectivity index (χ2v) is 3.33. The van der Waals surface area contributed by atoms with Gasteiger partial charge in [-0.15, -0.1) is 10.2 Å². The van der Waals surface area contributed by atoms with E-state index in [1.54, 1.807) is 13.8 Å². The molecule has 0 N–H and O–H groups in total. The Labute approximate surface area is 90.2 Å². The van der Waals surface area contributed by atoms with E-state index in [0.717, 1.165) is 11.3 Å². The van der Waals surface area contributed by atoms with Gasteiger partial charge in [-0.2, -0.15) is 0 Å². The highest BCUT2D eigenvalue weighted by molar-refractivity contribution is 7.15. The van der Waals surface area contributed by atoms with E-state index in [4.69, 9.17) is 9.47 Å². The Morgan fingerprint density at radius 1 is 1.07 bits per heavy atom. The molecule has 15 heavy (non-hydrogen) atoms. The molecule has 0 saturated carbocycles. The zero-order valence-corrected chi connectivity index (χ0v) is 9.17. The van der Waals surface area contributed by atoms with Gasteiger partial charge in [0.2, 0.25) is 10.0 Å². The minimum Gasteiger partial charge on any atom is -0.461 e. The van der Waals surface area contributed by atoms with E-state index in [1.807, 2.05) is 0 Å². The maximum absolute atomic E-state index is 11.2. The molecule has 1 aromatic rings. The summed E-state index contributed by atoms with van der Waals surface area (Å²) in [6.07, 6.45) is 0. The van der Waals surface area contributed by atoms with Crippen LogP contribution < -0.4 is 0 Å². The molecule has 7 heteroatoms. The standard InChI is InChI=1S/C8H10N2O4S/c1-3-13-7(11)5-9-10-6(15-5)8(12)14-4-2/h3-4H2,1-2H3. The second kappa shape index (κ2) is 5.40. The molecule has 0 radical (unpaired) electrons. The van der Waals surface area contributed by atoms with Crippen molar-refractivity contribution in [3.05, 3.63) is 10.0 Å². The van der Waals surface area contributed by atoms with Crippen molar-refractivity contribution in [2.75, 3.05) is 13.2 Å². The van der Waals surface area contributed by atoms with Crippen LogP contribution in [0.15, 0.2) is 0 Å². The Bertz CT molecular complexity index is 331. The maximum atomic E-state index is 11.2. The molecule has 0 aliphatic carbocycles. The van der Waals surface area contributed by atoms with Crippen LogP contribution in [0.5, 0.6) is 0 Å². The second-order valence-electron chi connectivity index (χ2n) is 2.35. The smallest absolute Gasteiger partial charge is 0.369 e. The summed E-state index contributed by atoms with van der Waals surface area (Å²) in [6.45, 7) is 3.89. The molecule has 0 aromatic carbocycles. The number of rotatable bonds is 4. The number of nitrogens with zero attached hydrogens (tertiary/aromatic N) is 2. The zero-order valence-electron chi connectivity index (χ0n) is 8.35. The van der Waals surface area contributed by atoms with Crippen LogP contribution in [0, 0.1) is 0 Å². The van der Waals surface area contributed by atoms with Crippen molar-refractivity contribution in [3.8, 4) is 0 Å². The lowest BCUT2D eigenvalue weighted by Crippen LogP contribution is -2.03. The molecular formula is C8H10N2O4S. The number of carbonyl (C=O) groups excluding carboxylic acids is 2. The van der Waals surface area contributed by atoms with Gasteiger partial charge in [0.15, 0.2) is 0 Å². The minimum atomic E-state index is -0.578. The highest BCUT2D eigenvalue weighted by Gasteiger charge is 2.18. The van der Waals surface area contributed by atoms with E-state index in [1.165, 1.54) is 0 Å². The number of ether oxygens (including phenoxy) is 2. The Kier molecular flexibility index (Phi) is 4.17. The normalized spacial score (nSPS) is 9.73. The highest BCUT2D eigenvalue weighted by atomic mass is 32.1. The van der Waals surface area contributed by atoms with E-state index in [9.17, 15) is 9.59 Å². The fraction of sp³-hybridized carbons (Fsp3) is 0.500. The van der Waals surface area contributed by atoms with Gasteiger partial charge in [0.1, 0.15) is 0 Å². The lowest BCUT2D eigenvalue weighted by atomic mass is 10.7. The molecule has 1 heterocycles. The molecule has 0 amide bonds. The van der Waals surface area contributed by atoms with E-state index < -0.39 is 11.9 Å². The third kappa shape index (κ3) is 2.98. The van der Waals surface area contributed by atoms with Gasteiger partial charge in [-0.05, 0) is 13.8 Å². The van der Waals surface area contributed by atoms with Crippen LogP contribution in [0.25, 0.3) is 0 Å². The van der Waals surface area contributed by atoms with Crippen molar-refractivity contribution in [1.82, 2.24) is 10.2 Å². The first-order chi connectivity index (χ1) is 7.19. The summed E-state index contributed by atoms with van der Waals surface area (Å²) >= 11 is 0.858. The van der Waals surface area contributed by atoms with E-state index in [2.05, 4.69) is 10.2 Å². The number of aromatic nitrogens is 2. The molecule has 0 spiro atoms. The number of hydrogen-bond donors (Lipinski definition) is 0. The van der Waals surface area contributed by atoms with Gasteiger partial charge in [-0.25, -0.2) is 9.59 Å². The van der Waals surface area contributed by atoms with Crippen molar-refractivity contribution in [2.45, 2.75) is 13.8 Å². The molecule has 1 rings (SSSR count). The molecule has 0 bridgehead atoms. The van der Waals surface area contributed by atoms with Crippen LogP contribution in [0.2, 0.25) is 0 Å². The molecular weight excluding hydrogens is 220 g/mol. The third-order valence-corrected chi connectivity index (χ3v) is 2.21. The summed E-state index contributed by atoms with van der Waals surface area (Å²) in [7, 11) is 0. The predicted molar refractivity (Wildman–Crippen MR) is 51.8 cm³/mol. The average molecular weight is 230 g/mol. The van der Waals surface area contributed by atoms with Gasteiger partial charge in [0.05, 0.1) is 13.2 Å². The zero-order chi connectivity index (χ0) is 11.3. The molecule has 0 fully saturated rings. The predicted octanol–water partition coefficient (Wildman–Crippen LogP) is 0.892. The summed E-state index contributed by atoms with van der Waals surface area (Å²) in [5.74, 6) is -1.16. The lowest BCUT2D eigenvalue weighted by molar-refractivity contribution is 0.0513. The van der Waals surface area contributed by atoms with Crippen LogP contribution in [-0.2, 0) is 9.47 Å². The Morgan fingerprint density at radius 3 is 1.80 bits per heavy atom. The fourth-order valence-electron chi connectivity index (χ4n) is 0.774. The van der Waals surface area contributed by atoms with E-state index >= 15 is 0 Å². The molecule has 0 aliphatic rings. The van der Waals surface area contributed by atoms with Gasteiger partial charge < -0.3 is 9.47 Å². The number of hydrogen-bond acceptors (Lipinski definition) is 7. The number of carbonyl (C=O) groups is 2. The van der Waals surface area contributed by atoms with Gasteiger partial charge in [-0.3, -0.25) is 0 Å². The maximum Gasteiger partial charge on any atom is 0.369 e. The van der Waals surface area contributed by atoms with E-state index in [0.29, 0.717) is 0 Å². The summed E-state index contributed by atoms with van der Waals surface area (Å²) in [6, 6.07) is 0. The quantitative estimate of drug-likeness (QED) is 0.715. The monoisotopic (exact) mass is 230 g/mol. The summed E-state index contributed by atoms with van der Waals surface area (Å²) in [4.78, 5) is 22.3. The van der Waals surface area contributed by atoms with Crippen LogP contribution >= 0.6 is 11.3 Å². The molecule has 1 aromatic heterocycles. The molecule has 82 valence electrons. The van der Waals surface area contributed by atoms with Crippen molar-refractivity contribution in [2.24, 2.45) is 0 Å². The van der Waals surface area contributed by atoms with Gasteiger partial charge in [-0.1, -0.05) is 11.3 Å². The Hall–Kier alpha value is -1.50. The molecule has 0 saturated heterocycles. The molecule has 0 atom stereocenters. The third-order valence-electron chi connectivity index (χ3n) is 1.33. The van der Waals surface area contributed by atoms with Crippen molar-refractivity contribution < 1.29 is 19.1 Å². The fourth-order valence-corrected chi connectivity index (χ4v) is 1.40. The first kappa shape index (κ1) is 11.6. The van der Waals surface area contributed by atoms with Crippen LogP contribution in [0.3, 0.4) is 0 Å². The molecule has 0 aliphatic heterocycles. The first-order valence-electron chi connectivity index (χ1n) is 4.36. The highest BCUT2D eigenvalue weighted by Crippen LogP contribution is 2.11. The Morgan fingerprint density at radius 2 is 1.47 bits per heavy atom. The molecule has 6 nitrogen and oxygen atoms in total. The summed E-state index contributed by atoms with van der Waals surface area (Å²) in [5, 5.41) is 7.17. The van der Waals surface area contributed by atoms with E-state index in [-0.39, 0.29) is 23.2 Å². The largest absolute Gasteiger partial charge is 0.461 e. The van der Waals surface area contributed by atoms with Gasteiger partial charge in [0.25, 0.3) is 0 Å². The van der Waals surface area contributed by atoms with Gasteiger partial charge in [0, 0.05) is 0 Å². The molecule has 0 unspecified atom stereocenters. The van der Waals surface area contributed by atoms with Crippen molar-refractivity contribution >= 4 is 23.3 Å². The van der Waals surface area contributed by atoms with Gasteiger partial charge >= 0.3 is 11.9 Å².